The van der Waals surface area contributed by atoms with Gasteiger partial charge >= 0.3 is 6.03 Å². The number of hydrogen-bond acceptors (Lipinski definition) is 2. The Balaban J connectivity index is 2.22. The summed E-state index contributed by atoms with van der Waals surface area (Å²) in [6, 6.07) is 6.56. The van der Waals surface area contributed by atoms with Crippen LogP contribution in [0.15, 0.2) is 34.3 Å². The van der Waals surface area contributed by atoms with Gasteiger partial charge in [0.15, 0.2) is 0 Å². The Kier molecular flexibility index (Phi) is 9.06. The molecule has 0 saturated carbocycles. The summed E-state index contributed by atoms with van der Waals surface area (Å²) in [5.41, 5.74) is 17.2. The van der Waals surface area contributed by atoms with Crippen LogP contribution in [0.2, 0.25) is 5.02 Å². The van der Waals surface area contributed by atoms with Crippen molar-refractivity contribution in [1.82, 2.24) is 5.32 Å². The fraction of sp³-hybridized carbons (Fsp3) is 0.400. The molecule has 0 bridgehead atoms. The van der Waals surface area contributed by atoms with Crippen molar-refractivity contribution in [1.29, 1.82) is 0 Å². The van der Waals surface area contributed by atoms with Gasteiger partial charge in [0.2, 0.25) is 11.9 Å². The highest BCUT2D eigenvalue weighted by Crippen LogP contribution is 2.12. The maximum absolute atomic E-state index is 10.5. The minimum atomic E-state index is -0.491. The number of anilines is 1. The Hall–Kier alpha value is -2.48. The number of carbonyl (C=O) groups is 1. The molecule has 0 aliphatic heterocycles. The lowest BCUT2D eigenvalue weighted by molar-refractivity contribution is 0.248. The first-order chi connectivity index (χ1) is 11.5. The van der Waals surface area contributed by atoms with Crippen LogP contribution in [-0.2, 0) is 0 Å². The first-order valence-electron chi connectivity index (χ1n) is 7.67. The highest BCUT2D eigenvalue weighted by molar-refractivity contribution is 6.30. The maximum atomic E-state index is 10.5. The third-order valence-electron chi connectivity index (χ3n) is 3.01. The molecule has 8 N–H and O–H groups in total. The molecule has 0 fully saturated rings. The third-order valence-corrected chi connectivity index (χ3v) is 3.26. The Labute approximate surface area is 146 Å². The molecule has 0 radical (unpaired) electrons. The lowest BCUT2D eigenvalue weighted by Gasteiger charge is -2.05. The molecular weight excluding hydrogens is 330 g/mol. The van der Waals surface area contributed by atoms with Crippen LogP contribution < -0.4 is 27.8 Å². The van der Waals surface area contributed by atoms with Gasteiger partial charge < -0.3 is 27.8 Å². The number of unbranched alkanes of at least 4 members (excludes halogenated alkanes) is 3. The minimum absolute atomic E-state index is 0.129. The number of amides is 2. The van der Waals surface area contributed by atoms with Gasteiger partial charge in [-0.2, -0.15) is 4.99 Å². The highest BCUT2D eigenvalue weighted by Gasteiger charge is 1.97. The number of nitrogens with one attached hydrogen (secondary N) is 2. The smallest absolute Gasteiger partial charge is 0.312 e. The Bertz CT molecular complexity index is 572. The lowest BCUT2D eigenvalue weighted by atomic mass is 10.2. The molecule has 0 aromatic heterocycles. The summed E-state index contributed by atoms with van der Waals surface area (Å²) in [6.07, 6.45) is 3.74. The van der Waals surface area contributed by atoms with E-state index in [2.05, 4.69) is 20.6 Å². The summed E-state index contributed by atoms with van der Waals surface area (Å²) in [5.74, 6) is 0.292. The van der Waals surface area contributed by atoms with Crippen molar-refractivity contribution in [2.75, 3.05) is 18.4 Å². The standard InChI is InChI=1S/C15H24ClN7O/c16-11-5-7-12(8-6-11)22-14(18)23-13(17)20-9-3-1-2-4-10-21-15(19)24/h5-8H,1-4,9-10H2,(H3,19,21,24)(H5,17,18,20,22,23). The quantitative estimate of drug-likeness (QED) is 0.274. The van der Waals surface area contributed by atoms with Crippen LogP contribution in [0, 0.1) is 0 Å². The molecule has 24 heavy (non-hydrogen) atoms. The molecule has 0 aliphatic carbocycles. The van der Waals surface area contributed by atoms with E-state index in [0.29, 0.717) is 18.1 Å². The summed E-state index contributed by atoms with van der Waals surface area (Å²) in [5, 5.41) is 6.08. The number of nitrogens with zero attached hydrogens (tertiary/aromatic N) is 2. The van der Waals surface area contributed by atoms with Crippen LogP contribution in [0.4, 0.5) is 10.5 Å². The van der Waals surface area contributed by atoms with Gasteiger partial charge in [-0.05, 0) is 37.1 Å². The molecule has 1 aromatic carbocycles. The van der Waals surface area contributed by atoms with E-state index in [1.54, 1.807) is 24.3 Å². The monoisotopic (exact) mass is 353 g/mol. The summed E-state index contributed by atoms with van der Waals surface area (Å²) in [7, 11) is 0. The van der Waals surface area contributed by atoms with Crippen molar-refractivity contribution in [2.24, 2.45) is 27.2 Å². The van der Waals surface area contributed by atoms with Gasteiger partial charge in [-0.25, -0.2) is 4.79 Å². The molecule has 1 aromatic rings. The van der Waals surface area contributed by atoms with E-state index in [-0.39, 0.29) is 11.9 Å². The van der Waals surface area contributed by atoms with Crippen LogP contribution in [0.3, 0.4) is 0 Å². The largest absolute Gasteiger partial charge is 0.369 e. The van der Waals surface area contributed by atoms with Gasteiger partial charge in [0, 0.05) is 23.8 Å². The van der Waals surface area contributed by atoms with E-state index >= 15 is 0 Å². The van der Waals surface area contributed by atoms with Crippen LogP contribution in [0.1, 0.15) is 25.7 Å². The molecule has 0 heterocycles. The van der Waals surface area contributed by atoms with Crippen molar-refractivity contribution in [3.8, 4) is 0 Å². The molecule has 0 atom stereocenters. The van der Waals surface area contributed by atoms with Gasteiger partial charge in [-0.1, -0.05) is 24.4 Å². The van der Waals surface area contributed by atoms with E-state index in [1.807, 2.05) is 0 Å². The topological polar surface area (TPSA) is 144 Å². The van der Waals surface area contributed by atoms with Crippen LogP contribution in [0.5, 0.6) is 0 Å². The van der Waals surface area contributed by atoms with Crippen molar-refractivity contribution >= 4 is 35.2 Å². The third kappa shape index (κ3) is 9.52. The molecule has 0 saturated heterocycles. The highest BCUT2D eigenvalue weighted by atomic mass is 35.5. The predicted molar refractivity (Wildman–Crippen MR) is 99.2 cm³/mol. The zero-order chi connectivity index (χ0) is 17.8. The van der Waals surface area contributed by atoms with Crippen LogP contribution in [-0.4, -0.2) is 31.0 Å². The van der Waals surface area contributed by atoms with Gasteiger partial charge in [-0.3, -0.25) is 4.99 Å². The van der Waals surface area contributed by atoms with Gasteiger partial charge in [0.1, 0.15) is 0 Å². The average molecular weight is 354 g/mol. The molecule has 8 nitrogen and oxygen atoms in total. The van der Waals surface area contributed by atoms with Crippen molar-refractivity contribution < 1.29 is 4.79 Å². The fourth-order valence-corrected chi connectivity index (χ4v) is 1.99. The molecule has 1 rings (SSSR count). The second-order valence-electron chi connectivity index (χ2n) is 5.07. The minimum Gasteiger partial charge on any atom is -0.369 e. The van der Waals surface area contributed by atoms with E-state index in [9.17, 15) is 4.79 Å². The summed E-state index contributed by atoms with van der Waals surface area (Å²) in [4.78, 5) is 18.6. The number of hydrogen-bond donors (Lipinski definition) is 5. The first-order valence-corrected chi connectivity index (χ1v) is 8.05. The molecule has 0 aliphatic rings. The van der Waals surface area contributed by atoms with E-state index in [4.69, 9.17) is 28.8 Å². The first kappa shape index (κ1) is 19.6. The lowest BCUT2D eigenvalue weighted by Crippen LogP contribution is -2.29. The number of urea groups is 1. The van der Waals surface area contributed by atoms with E-state index < -0.39 is 6.03 Å². The molecular formula is C15H24ClN7O. The number of nitrogens with two attached hydrogens (primary N) is 3. The number of primary amides is 1. The number of guanidine groups is 2. The number of benzene rings is 1. The van der Waals surface area contributed by atoms with Crippen molar-refractivity contribution in [3.63, 3.8) is 0 Å². The van der Waals surface area contributed by atoms with Gasteiger partial charge in [-0.15, -0.1) is 0 Å². The molecule has 0 unspecified atom stereocenters. The fourth-order valence-electron chi connectivity index (χ4n) is 1.86. The second kappa shape index (κ2) is 11.1. The number of halogens is 1. The Morgan fingerprint density at radius 1 is 1.04 bits per heavy atom. The number of carbonyl (C=O) groups excluding carboxylic acids is 1. The number of rotatable bonds is 8. The Morgan fingerprint density at radius 3 is 2.38 bits per heavy atom. The van der Waals surface area contributed by atoms with Gasteiger partial charge in [0.25, 0.3) is 0 Å². The van der Waals surface area contributed by atoms with Crippen molar-refractivity contribution in [3.05, 3.63) is 29.3 Å². The van der Waals surface area contributed by atoms with Crippen LogP contribution >= 0.6 is 11.6 Å². The SMILES string of the molecule is NC(=O)NCCCCCCN=C(N)/N=C(\N)Nc1ccc(Cl)cc1. The maximum Gasteiger partial charge on any atom is 0.312 e. The zero-order valence-corrected chi connectivity index (χ0v) is 14.2. The van der Waals surface area contributed by atoms with Gasteiger partial charge in [0.05, 0.1) is 0 Å². The zero-order valence-electron chi connectivity index (χ0n) is 13.5. The predicted octanol–water partition coefficient (Wildman–Crippen LogP) is 1.61. The molecule has 132 valence electrons. The summed E-state index contributed by atoms with van der Waals surface area (Å²) >= 11 is 5.80. The second-order valence-corrected chi connectivity index (χ2v) is 5.51. The average Bonchev–Trinajstić information content (AvgIpc) is 2.51. The molecule has 9 heteroatoms. The Morgan fingerprint density at radius 2 is 1.71 bits per heavy atom. The number of aliphatic imine (C=N–C) groups is 2. The summed E-state index contributed by atoms with van der Waals surface area (Å²) < 4.78 is 0. The van der Waals surface area contributed by atoms with Crippen molar-refractivity contribution in [2.45, 2.75) is 25.7 Å². The van der Waals surface area contributed by atoms with E-state index in [1.165, 1.54) is 0 Å². The normalized spacial score (nSPS) is 12.0. The molecule has 0 spiro atoms. The van der Waals surface area contributed by atoms with E-state index in [0.717, 1.165) is 31.4 Å². The summed E-state index contributed by atoms with van der Waals surface area (Å²) in [6.45, 7) is 1.17. The van der Waals surface area contributed by atoms with Crippen LogP contribution in [0.25, 0.3) is 0 Å². The molecule has 2 amide bonds.